The van der Waals surface area contributed by atoms with Gasteiger partial charge in [-0.25, -0.2) is 12.8 Å². The molecule has 1 aromatic rings. The van der Waals surface area contributed by atoms with Crippen LogP contribution in [0.15, 0.2) is 23.2 Å². The molecule has 130 valence electrons. The Kier molecular flexibility index (Phi) is 7.48. The number of benzene rings is 1. The first-order valence-corrected chi connectivity index (χ1v) is 9.67. The van der Waals surface area contributed by atoms with Crippen LogP contribution in [0.2, 0.25) is 0 Å². The predicted molar refractivity (Wildman–Crippen MR) is 92.6 cm³/mol. The molecule has 7 heteroatoms. The molecule has 0 aromatic heterocycles. The number of hydrogen-bond donors (Lipinski definition) is 2. The minimum atomic E-state index is -3.18. The molecule has 0 aliphatic carbocycles. The standard InChI is InChI=1S/C16H26FN3O2S/c1-12(2)7-8-19-16(18-3)20-10-14-9-15(17)6-5-13(14)11-23(4,21)22/h5-6,9,12H,7-8,10-11H2,1-4H3,(H2,18,19,20). The zero-order valence-electron chi connectivity index (χ0n) is 14.2. The van der Waals surface area contributed by atoms with Gasteiger partial charge >= 0.3 is 0 Å². The lowest BCUT2D eigenvalue weighted by atomic mass is 10.1. The largest absolute Gasteiger partial charge is 0.356 e. The Balaban J connectivity index is 2.73. The number of aliphatic imine (C=N–C) groups is 1. The first kappa shape index (κ1) is 19.4. The summed E-state index contributed by atoms with van der Waals surface area (Å²) in [6.45, 7) is 5.38. The van der Waals surface area contributed by atoms with Gasteiger partial charge in [-0.05, 0) is 35.6 Å². The van der Waals surface area contributed by atoms with Crippen molar-refractivity contribution < 1.29 is 12.8 Å². The van der Waals surface area contributed by atoms with Crippen LogP contribution in [0.3, 0.4) is 0 Å². The van der Waals surface area contributed by atoms with Crippen molar-refractivity contribution in [2.75, 3.05) is 19.8 Å². The van der Waals surface area contributed by atoms with E-state index in [2.05, 4.69) is 29.5 Å². The summed E-state index contributed by atoms with van der Waals surface area (Å²) in [6, 6.07) is 4.15. The molecule has 2 N–H and O–H groups in total. The number of sulfone groups is 1. The fourth-order valence-corrected chi connectivity index (χ4v) is 2.91. The Hall–Kier alpha value is -1.63. The molecule has 0 bridgehead atoms. The quantitative estimate of drug-likeness (QED) is 0.587. The highest BCUT2D eigenvalue weighted by atomic mass is 32.2. The Bertz CT molecular complexity index is 643. The summed E-state index contributed by atoms with van der Waals surface area (Å²) in [7, 11) is -1.52. The zero-order valence-corrected chi connectivity index (χ0v) is 15.0. The summed E-state index contributed by atoms with van der Waals surface area (Å²) in [6.07, 6.45) is 2.18. The van der Waals surface area contributed by atoms with Crippen molar-refractivity contribution >= 4 is 15.8 Å². The van der Waals surface area contributed by atoms with E-state index in [4.69, 9.17) is 0 Å². The van der Waals surface area contributed by atoms with Gasteiger partial charge in [0.15, 0.2) is 15.8 Å². The lowest BCUT2D eigenvalue weighted by Gasteiger charge is -2.15. The smallest absolute Gasteiger partial charge is 0.191 e. The second kappa shape index (κ2) is 8.86. The van der Waals surface area contributed by atoms with Crippen molar-refractivity contribution in [2.45, 2.75) is 32.6 Å². The van der Waals surface area contributed by atoms with Crippen LogP contribution in [-0.4, -0.2) is 34.2 Å². The van der Waals surface area contributed by atoms with Crippen LogP contribution in [0, 0.1) is 11.7 Å². The molecule has 0 heterocycles. The molecule has 1 rings (SSSR count). The summed E-state index contributed by atoms with van der Waals surface area (Å²) in [5.41, 5.74) is 1.21. The zero-order chi connectivity index (χ0) is 17.5. The molecule has 0 saturated heterocycles. The SMILES string of the molecule is CN=C(NCCC(C)C)NCc1cc(F)ccc1CS(C)(=O)=O. The van der Waals surface area contributed by atoms with Crippen LogP contribution in [0.4, 0.5) is 4.39 Å². The molecule has 0 fully saturated rings. The molecule has 0 radical (unpaired) electrons. The van der Waals surface area contributed by atoms with Gasteiger partial charge in [0, 0.05) is 26.4 Å². The van der Waals surface area contributed by atoms with Crippen LogP contribution in [0.25, 0.3) is 0 Å². The summed E-state index contributed by atoms with van der Waals surface area (Å²) < 4.78 is 36.4. The van der Waals surface area contributed by atoms with Gasteiger partial charge in [0.25, 0.3) is 0 Å². The predicted octanol–water partition coefficient (Wildman–Crippen LogP) is 2.08. The van der Waals surface area contributed by atoms with Gasteiger partial charge in [0.05, 0.1) is 5.75 Å². The molecular weight excluding hydrogens is 317 g/mol. The van der Waals surface area contributed by atoms with Crippen LogP contribution < -0.4 is 10.6 Å². The van der Waals surface area contributed by atoms with E-state index < -0.39 is 9.84 Å². The average Bonchev–Trinajstić information content (AvgIpc) is 2.43. The maximum Gasteiger partial charge on any atom is 0.191 e. The fourth-order valence-electron chi connectivity index (χ4n) is 2.06. The third kappa shape index (κ3) is 7.97. The lowest BCUT2D eigenvalue weighted by molar-refractivity contribution is 0.573. The number of nitrogens with one attached hydrogen (secondary N) is 2. The van der Waals surface area contributed by atoms with Gasteiger partial charge in [0.2, 0.25) is 0 Å². The van der Waals surface area contributed by atoms with Crippen molar-refractivity contribution in [1.29, 1.82) is 0 Å². The number of rotatable bonds is 7. The molecule has 0 unspecified atom stereocenters. The Morgan fingerprint density at radius 2 is 1.96 bits per heavy atom. The van der Waals surface area contributed by atoms with E-state index in [0.717, 1.165) is 13.0 Å². The maximum absolute atomic E-state index is 13.5. The third-order valence-electron chi connectivity index (χ3n) is 3.27. The second-order valence-electron chi connectivity index (χ2n) is 6.02. The molecule has 0 saturated carbocycles. The van der Waals surface area contributed by atoms with Crippen molar-refractivity contribution in [3.63, 3.8) is 0 Å². The van der Waals surface area contributed by atoms with E-state index in [1.165, 1.54) is 24.5 Å². The molecule has 0 aliphatic rings. The van der Waals surface area contributed by atoms with Gasteiger partial charge in [-0.1, -0.05) is 19.9 Å². The van der Waals surface area contributed by atoms with Gasteiger partial charge in [-0.3, -0.25) is 4.99 Å². The van der Waals surface area contributed by atoms with Gasteiger partial charge in [-0.2, -0.15) is 0 Å². The fraction of sp³-hybridized carbons (Fsp3) is 0.562. The molecular formula is C16H26FN3O2S. The van der Waals surface area contributed by atoms with Crippen LogP contribution in [0.5, 0.6) is 0 Å². The van der Waals surface area contributed by atoms with E-state index in [1.807, 2.05) is 0 Å². The second-order valence-corrected chi connectivity index (χ2v) is 8.16. The van der Waals surface area contributed by atoms with E-state index >= 15 is 0 Å². The Morgan fingerprint density at radius 3 is 2.52 bits per heavy atom. The highest BCUT2D eigenvalue weighted by molar-refractivity contribution is 7.89. The van der Waals surface area contributed by atoms with Gasteiger partial charge in [-0.15, -0.1) is 0 Å². The molecule has 0 spiro atoms. The Labute approximate surface area is 138 Å². The van der Waals surface area contributed by atoms with E-state index in [0.29, 0.717) is 29.5 Å². The van der Waals surface area contributed by atoms with Crippen molar-refractivity contribution in [2.24, 2.45) is 10.9 Å². The number of hydrogen-bond acceptors (Lipinski definition) is 3. The van der Waals surface area contributed by atoms with Crippen LogP contribution in [-0.2, 0) is 22.1 Å². The molecule has 23 heavy (non-hydrogen) atoms. The van der Waals surface area contributed by atoms with Crippen molar-refractivity contribution in [3.05, 3.63) is 35.1 Å². The Morgan fingerprint density at radius 1 is 1.26 bits per heavy atom. The van der Waals surface area contributed by atoms with Crippen LogP contribution >= 0.6 is 0 Å². The first-order valence-electron chi connectivity index (χ1n) is 7.61. The summed E-state index contributed by atoms with van der Waals surface area (Å²) >= 11 is 0. The average molecular weight is 343 g/mol. The van der Waals surface area contributed by atoms with Crippen molar-refractivity contribution in [3.8, 4) is 0 Å². The minimum Gasteiger partial charge on any atom is -0.356 e. The van der Waals surface area contributed by atoms with E-state index in [1.54, 1.807) is 7.05 Å². The normalized spacial score (nSPS) is 12.5. The van der Waals surface area contributed by atoms with Gasteiger partial charge < -0.3 is 10.6 Å². The third-order valence-corrected chi connectivity index (χ3v) is 4.11. The summed E-state index contributed by atoms with van der Waals surface area (Å²) in [5, 5.41) is 6.27. The first-order chi connectivity index (χ1) is 10.7. The highest BCUT2D eigenvalue weighted by Crippen LogP contribution is 2.14. The lowest BCUT2D eigenvalue weighted by Crippen LogP contribution is -2.37. The summed E-state index contributed by atoms with van der Waals surface area (Å²) in [4.78, 5) is 4.11. The summed E-state index contributed by atoms with van der Waals surface area (Å²) in [5.74, 6) is 0.705. The number of halogens is 1. The number of nitrogens with zero attached hydrogens (tertiary/aromatic N) is 1. The molecule has 0 atom stereocenters. The number of guanidine groups is 1. The van der Waals surface area contributed by atoms with Crippen LogP contribution in [0.1, 0.15) is 31.4 Å². The monoisotopic (exact) mass is 343 g/mol. The van der Waals surface area contributed by atoms with E-state index in [-0.39, 0.29) is 11.6 Å². The molecule has 0 aliphatic heterocycles. The molecule has 1 aromatic carbocycles. The maximum atomic E-state index is 13.5. The molecule has 0 amide bonds. The highest BCUT2D eigenvalue weighted by Gasteiger charge is 2.11. The van der Waals surface area contributed by atoms with Gasteiger partial charge in [0.1, 0.15) is 5.82 Å². The van der Waals surface area contributed by atoms with Crippen molar-refractivity contribution in [1.82, 2.24) is 10.6 Å². The molecule has 5 nitrogen and oxygen atoms in total. The minimum absolute atomic E-state index is 0.107. The van der Waals surface area contributed by atoms with E-state index in [9.17, 15) is 12.8 Å². The topological polar surface area (TPSA) is 70.6 Å².